The van der Waals surface area contributed by atoms with Crippen LogP contribution in [0.25, 0.3) is 0 Å². The normalized spacial score (nSPS) is 39.0. The fourth-order valence-corrected chi connectivity index (χ4v) is 1.41. The Labute approximate surface area is 58.9 Å². The lowest BCUT2D eigenvalue weighted by atomic mass is 10.2. The Balaban J connectivity index is 2.03. The van der Waals surface area contributed by atoms with Gasteiger partial charge in [-0.15, -0.1) is 0 Å². The maximum absolute atomic E-state index is 10.7. The highest BCUT2D eigenvalue weighted by atomic mass is 16.5. The predicted octanol–water partition coefficient (Wildman–Crippen LogP) is -1.53. The highest BCUT2D eigenvalue weighted by molar-refractivity contribution is 5.78. The summed E-state index contributed by atoms with van der Waals surface area (Å²) in [6.07, 6.45) is 0.206. The fourth-order valence-electron chi connectivity index (χ4n) is 1.41. The van der Waals surface area contributed by atoms with Crippen LogP contribution >= 0.6 is 0 Å². The summed E-state index contributed by atoms with van der Waals surface area (Å²) < 4.78 is 5.24. The van der Waals surface area contributed by atoms with E-state index in [1.54, 1.807) is 0 Å². The number of rotatable bonds is 0. The van der Waals surface area contributed by atoms with Crippen LogP contribution in [0.4, 0.5) is 0 Å². The number of amides is 1. The van der Waals surface area contributed by atoms with Crippen molar-refractivity contribution in [2.24, 2.45) is 0 Å². The van der Waals surface area contributed by atoms with Crippen LogP contribution in [0.1, 0.15) is 0 Å². The van der Waals surface area contributed by atoms with Crippen LogP contribution in [0.5, 0.6) is 0 Å². The summed E-state index contributed by atoms with van der Waals surface area (Å²) in [6.45, 7) is 1.93. The largest absolute Gasteiger partial charge is 0.365 e. The maximum Gasteiger partial charge on any atom is 0.246 e. The van der Waals surface area contributed by atoms with Crippen molar-refractivity contribution in [3.8, 4) is 0 Å². The van der Waals surface area contributed by atoms with Gasteiger partial charge < -0.3 is 15.4 Å². The van der Waals surface area contributed by atoms with Crippen LogP contribution in [-0.2, 0) is 9.53 Å². The van der Waals surface area contributed by atoms with E-state index in [1.807, 2.05) is 0 Å². The van der Waals surface area contributed by atoms with E-state index in [9.17, 15) is 4.79 Å². The van der Waals surface area contributed by atoms with Gasteiger partial charge in [0.25, 0.3) is 0 Å². The lowest BCUT2D eigenvalue weighted by molar-refractivity contribution is -0.134. The molecule has 4 nitrogen and oxygen atoms in total. The van der Waals surface area contributed by atoms with Crippen molar-refractivity contribution in [1.29, 1.82) is 0 Å². The van der Waals surface area contributed by atoms with Gasteiger partial charge in [-0.3, -0.25) is 4.79 Å². The van der Waals surface area contributed by atoms with Crippen LogP contribution < -0.4 is 10.6 Å². The Bertz CT molecular complexity index is 160. The second-order valence-corrected chi connectivity index (χ2v) is 2.68. The molecule has 2 saturated heterocycles. The average Bonchev–Trinajstić information content (AvgIpc) is 2.33. The SMILES string of the molecule is O=C1COC2CNCC2N1. The summed E-state index contributed by atoms with van der Waals surface area (Å²) >= 11 is 0. The third kappa shape index (κ3) is 0.892. The number of fused-ring (bicyclic) bond motifs is 1. The molecule has 2 rings (SSSR count). The monoisotopic (exact) mass is 142 g/mol. The first kappa shape index (κ1) is 6.12. The van der Waals surface area contributed by atoms with Crippen LogP contribution in [0, 0.1) is 0 Å². The van der Waals surface area contributed by atoms with E-state index in [2.05, 4.69) is 10.6 Å². The van der Waals surface area contributed by atoms with Gasteiger partial charge in [-0.25, -0.2) is 0 Å². The van der Waals surface area contributed by atoms with Crippen LogP contribution in [0.3, 0.4) is 0 Å². The lowest BCUT2D eigenvalue weighted by Crippen LogP contribution is -2.50. The molecule has 2 fully saturated rings. The summed E-state index contributed by atoms with van der Waals surface area (Å²) in [6, 6.07) is 0.209. The van der Waals surface area contributed by atoms with Gasteiger partial charge in [0.05, 0.1) is 12.1 Å². The molecule has 2 aliphatic rings. The number of carbonyl (C=O) groups is 1. The molecule has 0 aliphatic carbocycles. The van der Waals surface area contributed by atoms with Crippen molar-refractivity contribution in [1.82, 2.24) is 10.6 Å². The van der Waals surface area contributed by atoms with E-state index < -0.39 is 0 Å². The van der Waals surface area contributed by atoms with Gasteiger partial charge in [0, 0.05) is 13.1 Å². The highest BCUT2D eigenvalue weighted by Gasteiger charge is 2.32. The molecular weight excluding hydrogens is 132 g/mol. The molecule has 0 radical (unpaired) electrons. The van der Waals surface area contributed by atoms with Gasteiger partial charge in [0.1, 0.15) is 6.61 Å². The topological polar surface area (TPSA) is 50.4 Å². The van der Waals surface area contributed by atoms with Crippen LogP contribution in [-0.4, -0.2) is 37.7 Å². The second kappa shape index (κ2) is 2.21. The molecule has 10 heavy (non-hydrogen) atoms. The number of hydrogen-bond donors (Lipinski definition) is 2. The first-order valence-electron chi connectivity index (χ1n) is 3.48. The molecule has 2 heterocycles. The Morgan fingerprint density at radius 2 is 2.40 bits per heavy atom. The minimum absolute atomic E-state index is 0.00458. The molecule has 2 atom stereocenters. The highest BCUT2D eigenvalue weighted by Crippen LogP contribution is 2.08. The van der Waals surface area contributed by atoms with Gasteiger partial charge in [-0.2, -0.15) is 0 Å². The molecule has 0 spiro atoms. The second-order valence-electron chi connectivity index (χ2n) is 2.68. The van der Waals surface area contributed by atoms with Gasteiger partial charge in [-0.05, 0) is 0 Å². The van der Waals surface area contributed by atoms with E-state index in [0.717, 1.165) is 13.1 Å². The average molecular weight is 142 g/mol. The Hall–Kier alpha value is -0.610. The van der Waals surface area contributed by atoms with Gasteiger partial charge in [0.15, 0.2) is 0 Å². The molecule has 0 aromatic heterocycles. The summed E-state index contributed by atoms with van der Waals surface area (Å²) in [4.78, 5) is 10.7. The Morgan fingerprint density at radius 3 is 3.30 bits per heavy atom. The van der Waals surface area contributed by atoms with Gasteiger partial charge in [-0.1, -0.05) is 0 Å². The number of morpholine rings is 1. The lowest BCUT2D eigenvalue weighted by Gasteiger charge is -2.25. The summed E-state index contributed by atoms with van der Waals surface area (Å²) in [5, 5.41) is 6.00. The third-order valence-electron chi connectivity index (χ3n) is 1.93. The third-order valence-corrected chi connectivity index (χ3v) is 1.93. The first-order valence-corrected chi connectivity index (χ1v) is 3.48. The van der Waals surface area contributed by atoms with Crippen LogP contribution in [0.2, 0.25) is 0 Å². The Morgan fingerprint density at radius 1 is 1.50 bits per heavy atom. The first-order chi connectivity index (χ1) is 4.86. The summed E-state index contributed by atoms with van der Waals surface area (Å²) in [5.41, 5.74) is 0. The molecule has 2 unspecified atom stereocenters. The molecule has 0 saturated carbocycles. The van der Waals surface area contributed by atoms with E-state index in [1.165, 1.54) is 0 Å². The van der Waals surface area contributed by atoms with Crippen molar-refractivity contribution in [2.75, 3.05) is 19.7 Å². The van der Waals surface area contributed by atoms with E-state index in [4.69, 9.17) is 4.74 Å². The van der Waals surface area contributed by atoms with E-state index in [0.29, 0.717) is 0 Å². The molecule has 0 bridgehead atoms. The fraction of sp³-hybridized carbons (Fsp3) is 0.833. The summed E-state index contributed by atoms with van der Waals surface area (Å²) in [7, 11) is 0. The molecule has 56 valence electrons. The van der Waals surface area contributed by atoms with E-state index in [-0.39, 0.29) is 24.7 Å². The minimum Gasteiger partial charge on any atom is -0.365 e. The standard InChI is InChI=1S/C6H10N2O2/c9-6-3-10-5-2-7-1-4(5)8-6/h4-5,7H,1-3H2,(H,8,9). The zero-order valence-corrected chi connectivity index (χ0v) is 5.59. The predicted molar refractivity (Wildman–Crippen MR) is 34.5 cm³/mol. The Kier molecular flexibility index (Phi) is 1.35. The number of ether oxygens (including phenoxy) is 1. The van der Waals surface area contributed by atoms with Crippen LogP contribution in [0.15, 0.2) is 0 Å². The molecular formula is C6H10N2O2. The van der Waals surface area contributed by atoms with Gasteiger partial charge in [0.2, 0.25) is 5.91 Å². The number of carbonyl (C=O) groups excluding carboxylic acids is 1. The zero-order valence-electron chi connectivity index (χ0n) is 5.59. The van der Waals surface area contributed by atoms with Crippen molar-refractivity contribution >= 4 is 5.91 Å². The minimum atomic E-state index is 0.00458. The number of hydrogen-bond acceptors (Lipinski definition) is 3. The molecule has 4 heteroatoms. The smallest absolute Gasteiger partial charge is 0.246 e. The molecule has 1 amide bonds. The van der Waals surface area contributed by atoms with Crippen molar-refractivity contribution in [3.63, 3.8) is 0 Å². The van der Waals surface area contributed by atoms with Crippen molar-refractivity contribution in [2.45, 2.75) is 12.1 Å². The molecule has 0 aromatic rings. The molecule has 2 N–H and O–H groups in total. The summed E-state index contributed by atoms with van der Waals surface area (Å²) in [5.74, 6) is 0.00458. The van der Waals surface area contributed by atoms with Crippen molar-refractivity contribution in [3.05, 3.63) is 0 Å². The molecule has 2 aliphatic heterocycles. The maximum atomic E-state index is 10.7. The van der Waals surface area contributed by atoms with Crippen molar-refractivity contribution < 1.29 is 9.53 Å². The quantitative estimate of drug-likeness (QED) is 0.431. The van der Waals surface area contributed by atoms with Gasteiger partial charge >= 0.3 is 0 Å². The zero-order chi connectivity index (χ0) is 6.97. The van der Waals surface area contributed by atoms with E-state index >= 15 is 0 Å². The number of nitrogens with one attached hydrogen (secondary N) is 2. The molecule has 0 aromatic carbocycles.